The molecule has 0 bridgehead atoms. The second kappa shape index (κ2) is 6.83. The number of hydrogen-bond acceptors (Lipinski definition) is 4. The topological polar surface area (TPSA) is 82.9 Å². The van der Waals surface area contributed by atoms with E-state index in [4.69, 9.17) is 6.42 Å². The molecule has 2 amide bonds. The van der Waals surface area contributed by atoms with E-state index >= 15 is 0 Å². The third-order valence-electron chi connectivity index (χ3n) is 4.37. The summed E-state index contributed by atoms with van der Waals surface area (Å²) in [5.74, 6) is 2.58. The summed E-state index contributed by atoms with van der Waals surface area (Å²) in [7, 11) is 0. The van der Waals surface area contributed by atoms with Gasteiger partial charge in [-0.05, 0) is 24.1 Å². The highest BCUT2D eigenvalue weighted by atomic mass is 16.2. The molecule has 1 unspecified atom stereocenters. The monoisotopic (exact) mass is 324 g/mol. The van der Waals surface area contributed by atoms with Gasteiger partial charge in [0, 0.05) is 37.8 Å². The van der Waals surface area contributed by atoms with Crippen LogP contribution in [-0.4, -0.2) is 17.5 Å². The Labute approximate surface area is 141 Å². The number of hydrogen-bond donors (Lipinski definition) is 2. The fourth-order valence-electron chi connectivity index (χ4n) is 2.90. The van der Waals surface area contributed by atoms with Crippen LogP contribution >= 0.6 is 0 Å². The Morgan fingerprint density at radius 2 is 2.25 bits per heavy atom. The molecule has 24 heavy (non-hydrogen) atoms. The molecule has 6 nitrogen and oxygen atoms in total. The summed E-state index contributed by atoms with van der Waals surface area (Å²) in [5.41, 5.74) is 1.32. The van der Waals surface area contributed by atoms with Crippen molar-refractivity contribution in [1.82, 2.24) is 5.32 Å². The smallest absolute Gasteiger partial charge is 0.224 e. The van der Waals surface area contributed by atoms with Crippen LogP contribution in [0.25, 0.3) is 0 Å². The number of anilines is 1. The van der Waals surface area contributed by atoms with Crippen LogP contribution in [0.15, 0.2) is 34.5 Å². The van der Waals surface area contributed by atoms with E-state index in [0.717, 1.165) is 17.7 Å². The molecule has 124 valence electrons. The molecule has 0 saturated carbocycles. The van der Waals surface area contributed by atoms with Crippen molar-refractivity contribution in [2.75, 3.05) is 5.32 Å². The lowest BCUT2D eigenvalue weighted by molar-refractivity contribution is -0.119. The lowest BCUT2D eigenvalue weighted by Crippen LogP contribution is -2.19. The van der Waals surface area contributed by atoms with Crippen LogP contribution in [0, 0.1) is 12.3 Å². The van der Waals surface area contributed by atoms with E-state index in [2.05, 4.69) is 26.8 Å². The molecule has 2 aliphatic heterocycles. The maximum absolute atomic E-state index is 12.1. The van der Waals surface area contributed by atoms with Crippen molar-refractivity contribution in [1.29, 1.82) is 0 Å². The summed E-state index contributed by atoms with van der Waals surface area (Å²) in [4.78, 5) is 23.5. The normalized spacial score (nSPS) is 20.3. The van der Waals surface area contributed by atoms with Crippen LogP contribution in [0.4, 0.5) is 5.69 Å². The van der Waals surface area contributed by atoms with Crippen LogP contribution in [-0.2, 0) is 9.59 Å². The van der Waals surface area contributed by atoms with Gasteiger partial charge in [-0.25, -0.2) is 0 Å². The minimum Gasteiger partial charge on any atom is -0.349 e. The van der Waals surface area contributed by atoms with E-state index in [1.165, 1.54) is 0 Å². The zero-order chi connectivity index (χ0) is 17.0. The molecule has 0 spiro atoms. The number of nitrogens with zero attached hydrogens (tertiary/aromatic N) is 2. The first-order chi connectivity index (χ1) is 11.6. The molecule has 0 aromatic heterocycles. The predicted molar refractivity (Wildman–Crippen MR) is 90.1 cm³/mol. The van der Waals surface area contributed by atoms with E-state index < -0.39 is 5.66 Å². The number of carbonyl (C=O) groups is 2. The number of carbonyl (C=O) groups excluding carboxylic acids is 2. The second-order valence-electron chi connectivity index (χ2n) is 6.22. The van der Waals surface area contributed by atoms with Gasteiger partial charge in [-0.2, -0.15) is 10.2 Å². The molecular formula is C18H20N4O2. The zero-order valence-corrected chi connectivity index (χ0v) is 13.4. The van der Waals surface area contributed by atoms with E-state index in [9.17, 15) is 9.59 Å². The average molecular weight is 324 g/mol. The van der Waals surface area contributed by atoms with Crippen LogP contribution in [0.5, 0.6) is 0 Å². The van der Waals surface area contributed by atoms with Gasteiger partial charge in [-0.3, -0.25) is 9.59 Å². The fourth-order valence-corrected chi connectivity index (χ4v) is 2.90. The van der Waals surface area contributed by atoms with E-state index in [0.29, 0.717) is 32.1 Å². The van der Waals surface area contributed by atoms with Crippen molar-refractivity contribution in [2.24, 2.45) is 10.2 Å². The lowest BCUT2D eigenvalue weighted by Gasteiger charge is -2.13. The summed E-state index contributed by atoms with van der Waals surface area (Å²) in [5, 5.41) is 13.9. The molecule has 0 radical (unpaired) electrons. The fraction of sp³-hybridized carbons (Fsp3) is 0.444. The third-order valence-corrected chi connectivity index (χ3v) is 4.37. The molecule has 2 aliphatic rings. The van der Waals surface area contributed by atoms with Gasteiger partial charge in [0.15, 0.2) is 5.66 Å². The van der Waals surface area contributed by atoms with Gasteiger partial charge in [-0.15, -0.1) is 12.3 Å². The van der Waals surface area contributed by atoms with Crippen molar-refractivity contribution in [3.05, 3.63) is 29.8 Å². The average Bonchev–Trinajstić information content (AvgIpc) is 3.23. The summed E-state index contributed by atoms with van der Waals surface area (Å²) in [6.45, 7) is 0. The molecule has 2 N–H and O–H groups in total. The Balaban J connectivity index is 1.51. The van der Waals surface area contributed by atoms with Gasteiger partial charge in [0.1, 0.15) is 0 Å². The van der Waals surface area contributed by atoms with Gasteiger partial charge < -0.3 is 10.6 Å². The summed E-state index contributed by atoms with van der Waals surface area (Å²) in [6.07, 6.45) is 8.84. The molecule has 2 heterocycles. The van der Waals surface area contributed by atoms with Crippen LogP contribution in [0.2, 0.25) is 0 Å². The minimum atomic E-state index is -0.431. The molecule has 1 aromatic carbocycles. The number of nitrogens with one attached hydrogen (secondary N) is 2. The SMILES string of the molecule is C#CCCC1(CCC(=O)Nc2cccc(C3CCC(=O)N3)c2)N=N1. The van der Waals surface area contributed by atoms with Gasteiger partial charge in [0.05, 0.1) is 6.04 Å². The summed E-state index contributed by atoms with van der Waals surface area (Å²) < 4.78 is 0. The quantitative estimate of drug-likeness (QED) is 0.756. The second-order valence-corrected chi connectivity index (χ2v) is 6.22. The van der Waals surface area contributed by atoms with Crippen molar-refractivity contribution in [2.45, 2.75) is 50.2 Å². The molecule has 1 fully saturated rings. The molecule has 1 aromatic rings. The summed E-state index contributed by atoms with van der Waals surface area (Å²) >= 11 is 0. The summed E-state index contributed by atoms with van der Waals surface area (Å²) in [6, 6.07) is 7.63. The molecule has 1 saturated heterocycles. The Morgan fingerprint density at radius 3 is 2.92 bits per heavy atom. The molecule has 0 aliphatic carbocycles. The zero-order valence-electron chi connectivity index (χ0n) is 13.4. The van der Waals surface area contributed by atoms with Gasteiger partial charge in [0.25, 0.3) is 0 Å². The number of benzene rings is 1. The van der Waals surface area contributed by atoms with Gasteiger partial charge in [0.2, 0.25) is 11.8 Å². The Morgan fingerprint density at radius 1 is 1.42 bits per heavy atom. The van der Waals surface area contributed by atoms with Crippen molar-refractivity contribution >= 4 is 17.5 Å². The number of amides is 2. The van der Waals surface area contributed by atoms with E-state index in [1.807, 2.05) is 24.3 Å². The largest absolute Gasteiger partial charge is 0.349 e. The van der Waals surface area contributed by atoms with E-state index in [-0.39, 0.29) is 17.9 Å². The highest BCUT2D eigenvalue weighted by Gasteiger charge is 2.39. The molecule has 1 atom stereocenters. The molecule has 3 rings (SSSR count). The number of terminal acetylenes is 1. The molecule has 6 heteroatoms. The Kier molecular flexibility index (Phi) is 4.61. The van der Waals surface area contributed by atoms with Gasteiger partial charge >= 0.3 is 0 Å². The van der Waals surface area contributed by atoms with Crippen LogP contribution in [0.1, 0.15) is 50.1 Å². The minimum absolute atomic E-state index is 0.0328. The lowest BCUT2D eigenvalue weighted by atomic mass is 10.0. The maximum atomic E-state index is 12.1. The van der Waals surface area contributed by atoms with E-state index in [1.54, 1.807) is 0 Å². The first kappa shape index (κ1) is 16.2. The number of rotatable bonds is 7. The highest BCUT2D eigenvalue weighted by Crippen LogP contribution is 2.37. The first-order valence-electron chi connectivity index (χ1n) is 8.17. The third kappa shape index (κ3) is 3.99. The standard InChI is InChI=1S/C18H20N4O2/c1-2-3-10-18(21-22-18)11-9-17(24)19-14-6-4-5-13(12-14)15-7-8-16(23)20-15/h1,4-6,12,15H,3,7-11H2,(H,19,24)(H,20,23). The van der Waals surface area contributed by atoms with Crippen molar-refractivity contribution in [3.63, 3.8) is 0 Å². The van der Waals surface area contributed by atoms with Crippen LogP contribution < -0.4 is 10.6 Å². The predicted octanol–water partition coefficient (Wildman–Crippen LogP) is 2.93. The van der Waals surface area contributed by atoms with Crippen molar-refractivity contribution < 1.29 is 9.59 Å². The molecular weight excluding hydrogens is 304 g/mol. The van der Waals surface area contributed by atoms with Crippen LogP contribution in [0.3, 0.4) is 0 Å². The van der Waals surface area contributed by atoms with Crippen molar-refractivity contribution in [3.8, 4) is 12.3 Å². The Hall–Kier alpha value is -2.68. The first-order valence-corrected chi connectivity index (χ1v) is 8.17. The maximum Gasteiger partial charge on any atom is 0.224 e. The Bertz CT molecular complexity index is 714. The van der Waals surface area contributed by atoms with Gasteiger partial charge in [-0.1, -0.05) is 12.1 Å². The highest BCUT2D eigenvalue weighted by molar-refractivity contribution is 5.90.